The Hall–Kier alpha value is -1.07. The van der Waals surface area contributed by atoms with Crippen LogP contribution in [0.1, 0.15) is 37.7 Å². The van der Waals surface area contributed by atoms with E-state index in [0.29, 0.717) is 6.54 Å². The van der Waals surface area contributed by atoms with Gasteiger partial charge in [-0.05, 0) is 37.0 Å². The topological polar surface area (TPSA) is 36.3 Å². The number of hydrogen-bond acceptors (Lipinski definition) is 3. The minimum absolute atomic E-state index is 0. The molecule has 4 rings (SSSR count). The maximum atomic E-state index is 6.47. The first kappa shape index (κ1) is 18.7. The van der Waals surface area contributed by atoms with Crippen LogP contribution in [0.5, 0.6) is 0 Å². The normalized spacial score (nSPS) is 28.4. The van der Waals surface area contributed by atoms with E-state index in [2.05, 4.69) is 21.7 Å². The zero-order valence-electron chi connectivity index (χ0n) is 14.1. The summed E-state index contributed by atoms with van der Waals surface area (Å²) in [6.45, 7) is 0.688. The molecule has 0 spiro atoms. The molecule has 4 nitrogen and oxygen atoms in total. The van der Waals surface area contributed by atoms with Gasteiger partial charge in [-0.3, -0.25) is 0 Å². The van der Waals surface area contributed by atoms with E-state index < -0.39 is 5.79 Å². The molecule has 0 N–H and O–H groups in total. The summed E-state index contributed by atoms with van der Waals surface area (Å²) in [5, 5.41) is 0.770. The Morgan fingerprint density at radius 2 is 1.80 bits per heavy atom. The number of halogens is 2. The fourth-order valence-electron chi connectivity index (χ4n) is 3.83. The molecule has 0 amide bonds. The number of nitrogens with zero attached hydrogens (tertiary/aromatic N) is 2. The fraction of sp³-hybridized carbons (Fsp3) is 0.526. The van der Waals surface area contributed by atoms with Crippen LogP contribution in [-0.2, 0) is 22.4 Å². The van der Waals surface area contributed by atoms with Crippen LogP contribution >= 0.6 is 24.0 Å². The Morgan fingerprint density at radius 1 is 1.12 bits per heavy atom. The zero-order chi connectivity index (χ0) is 16.4. The smallest absolute Gasteiger partial charge is 0.187 e. The van der Waals surface area contributed by atoms with Crippen molar-refractivity contribution in [1.82, 2.24) is 9.55 Å². The van der Waals surface area contributed by atoms with Gasteiger partial charge in [-0.1, -0.05) is 36.6 Å². The quantitative estimate of drug-likeness (QED) is 0.755. The maximum absolute atomic E-state index is 6.47. The first-order valence-electron chi connectivity index (χ1n) is 8.78. The predicted molar refractivity (Wildman–Crippen MR) is 100 cm³/mol. The average molecular weight is 383 g/mol. The minimum Gasteiger partial charge on any atom is -0.342 e. The molecule has 1 saturated heterocycles. The van der Waals surface area contributed by atoms with Crippen molar-refractivity contribution in [2.45, 2.75) is 63.1 Å². The van der Waals surface area contributed by atoms with Gasteiger partial charge < -0.3 is 14.0 Å². The summed E-state index contributed by atoms with van der Waals surface area (Å²) in [6.07, 6.45) is 12.5. The van der Waals surface area contributed by atoms with Crippen molar-refractivity contribution in [2.75, 3.05) is 0 Å². The molecule has 1 aromatic carbocycles. The van der Waals surface area contributed by atoms with Gasteiger partial charge in [0.05, 0.1) is 25.1 Å². The van der Waals surface area contributed by atoms with E-state index in [0.717, 1.165) is 30.7 Å². The van der Waals surface area contributed by atoms with E-state index in [-0.39, 0.29) is 24.6 Å². The number of hydrogen-bond donors (Lipinski definition) is 0. The zero-order valence-corrected chi connectivity index (χ0v) is 15.7. The average Bonchev–Trinajstić information content (AvgIpc) is 3.22. The molecule has 2 heterocycles. The summed E-state index contributed by atoms with van der Waals surface area (Å²) in [7, 11) is 0. The summed E-state index contributed by atoms with van der Waals surface area (Å²) in [5.41, 5.74) is 1.26. The molecule has 2 aromatic rings. The molecule has 0 radical (unpaired) electrons. The molecule has 1 saturated carbocycles. The molecule has 1 aliphatic carbocycles. The van der Waals surface area contributed by atoms with Gasteiger partial charge in [0.1, 0.15) is 0 Å². The van der Waals surface area contributed by atoms with Gasteiger partial charge in [-0.15, -0.1) is 12.4 Å². The van der Waals surface area contributed by atoms with Crippen LogP contribution in [0.3, 0.4) is 0 Å². The molecule has 6 heteroatoms. The lowest BCUT2D eigenvalue weighted by molar-refractivity contribution is -0.188. The standard InChI is InChI=1S/C19H23ClN2O2.ClH/c20-16-7-5-15(6-8-16)9-10-19(13-22-12-11-21-14-22)23-17-3-1-2-4-18(17)24-19;/h5-8,11-12,14,17-18H,1-4,9-10,13H2;1H/t17-,18+,19?;. The largest absolute Gasteiger partial charge is 0.342 e. The Balaban J connectivity index is 0.00000182. The fourth-order valence-corrected chi connectivity index (χ4v) is 3.95. The second kappa shape index (κ2) is 8.09. The highest BCUT2D eigenvalue weighted by atomic mass is 35.5. The van der Waals surface area contributed by atoms with E-state index in [1.54, 1.807) is 6.20 Å². The molecule has 136 valence electrons. The van der Waals surface area contributed by atoms with Crippen molar-refractivity contribution in [3.8, 4) is 0 Å². The molecule has 1 aromatic heterocycles. The number of fused-ring (bicyclic) bond motifs is 1. The Bertz CT molecular complexity index is 647. The number of rotatable bonds is 5. The third-order valence-electron chi connectivity index (χ3n) is 5.06. The van der Waals surface area contributed by atoms with Gasteiger partial charge in [-0.2, -0.15) is 0 Å². The molecule has 2 aliphatic rings. The molecule has 1 aliphatic heterocycles. The summed E-state index contributed by atoms with van der Waals surface area (Å²) >= 11 is 5.98. The number of benzene rings is 1. The molecule has 3 atom stereocenters. The second-order valence-electron chi connectivity index (χ2n) is 6.87. The monoisotopic (exact) mass is 382 g/mol. The van der Waals surface area contributed by atoms with Gasteiger partial charge in [0, 0.05) is 23.8 Å². The van der Waals surface area contributed by atoms with E-state index in [9.17, 15) is 0 Å². The lowest BCUT2D eigenvalue weighted by Crippen LogP contribution is -2.37. The van der Waals surface area contributed by atoms with E-state index in [1.165, 1.54) is 18.4 Å². The lowest BCUT2D eigenvalue weighted by Gasteiger charge is -2.29. The van der Waals surface area contributed by atoms with Gasteiger partial charge in [-0.25, -0.2) is 4.98 Å². The van der Waals surface area contributed by atoms with Gasteiger partial charge in [0.15, 0.2) is 5.79 Å². The number of aryl methyl sites for hydroxylation is 1. The number of imidazole rings is 1. The third kappa shape index (κ3) is 4.37. The molecular weight excluding hydrogens is 359 g/mol. The maximum Gasteiger partial charge on any atom is 0.187 e. The van der Waals surface area contributed by atoms with Crippen molar-refractivity contribution < 1.29 is 9.47 Å². The van der Waals surface area contributed by atoms with Gasteiger partial charge >= 0.3 is 0 Å². The summed E-state index contributed by atoms with van der Waals surface area (Å²) < 4.78 is 15.0. The van der Waals surface area contributed by atoms with Gasteiger partial charge in [0.25, 0.3) is 0 Å². The Labute approximate surface area is 159 Å². The third-order valence-corrected chi connectivity index (χ3v) is 5.32. The van der Waals surface area contributed by atoms with Crippen molar-refractivity contribution in [3.63, 3.8) is 0 Å². The highest BCUT2D eigenvalue weighted by Crippen LogP contribution is 2.40. The van der Waals surface area contributed by atoms with Crippen LogP contribution in [-0.4, -0.2) is 27.5 Å². The molecule has 25 heavy (non-hydrogen) atoms. The first-order valence-corrected chi connectivity index (χ1v) is 9.16. The van der Waals surface area contributed by atoms with E-state index in [4.69, 9.17) is 21.1 Å². The van der Waals surface area contributed by atoms with Gasteiger partial charge in [0.2, 0.25) is 0 Å². The number of ether oxygens (including phenoxy) is 2. The van der Waals surface area contributed by atoms with Crippen LogP contribution in [0.15, 0.2) is 43.0 Å². The Morgan fingerprint density at radius 3 is 2.40 bits per heavy atom. The lowest BCUT2D eigenvalue weighted by atomic mass is 9.95. The highest BCUT2D eigenvalue weighted by Gasteiger charge is 2.48. The van der Waals surface area contributed by atoms with Crippen LogP contribution in [0.2, 0.25) is 5.02 Å². The summed E-state index contributed by atoms with van der Waals surface area (Å²) in [4.78, 5) is 4.15. The van der Waals surface area contributed by atoms with Crippen LogP contribution in [0.4, 0.5) is 0 Å². The molecule has 2 fully saturated rings. The Kier molecular flexibility index (Phi) is 6.05. The van der Waals surface area contributed by atoms with Crippen LogP contribution in [0, 0.1) is 0 Å². The summed E-state index contributed by atoms with van der Waals surface area (Å²) in [6, 6.07) is 8.04. The summed E-state index contributed by atoms with van der Waals surface area (Å²) in [5.74, 6) is -0.556. The minimum atomic E-state index is -0.556. The molecule has 1 unspecified atom stereocenters. The van der Waals surface area contributed by atoms with Crippen molar-refractivity contribution in [1.29, 1.82) is 0 Å². The number of aromatic nitrogens is 2. The second-order valence-corrected chi connectivity index (χ2v) is 7.31. The first-order chi connectivity index (χ1) is 11.7. The van der Waals surface area contributed by atoms with Crippen molar-refractivity contribution >= 4 is 24.0 Å². The highest BCUT2D eigenvalue weighted by molar-refractivity contribution is 6.30. The predicted octanol–water partition coefficient (Wildman–Crippen LogP) is 4.65. The SMILES string of the molecule is Cl.Clc1ccc(CCC2(Cn3ccnc3)O[C@H]3CCCC[C@H]3O2)cc1. The van der Waals surface area contributed by atoms with Crippen LogP contribution < -0.4 is 0 Å². The van der Waals surface area contributed by atoms with Crippen molar-refractivity contribution in [3.05, 3.63) is 53.6 Å². The van der Waals surface area contributed by atoms with Crippen LogP contribution in [0.25, 0.3) is 0 Å². The van der Waals surface area contributed by atoms with E-state index >= 15 is 0 Å². The molecular formula is C19H24Cl2N2O2. The van der Waals surface area contributed by atoms with Crippen molar-refractivity contribution in [2.24, 2.45) is 0 Å². The van der Waals surface area contributed by atoms with E-state index in [1.807, 2.05) is 24.7 Å². The molecule has 0 bridgehead atoms.